The molecular weight excluding hydrogens is 446 g/mol. The highest BCUT2D eigenvalue weighted by atomic mass is 32.2. The van der Waals surface area contributed by atoms with E-state index in [9.17, 15) is 22.0 Å². The fraction of sp³-hybridized carbons (Fsp3) is 0.250. The Morgan fingerprint density at radius 3 is 2.39 bits per heavy atom. The summed E-state index contributed by atoms with van der Waals surface area (Å²) in [6, 6.07) is 10.6. The van der Waals surface area contributed by atoms with Gasteiger partial charge in [-0.15, -0.1) is 10.2 Å². The van der Waals surface area contributed by atoms with Gasteiger partial charge in [-0.1, -0.05) is 23.5 Å². The molecule has 1 N–H and O–H groups in total. The number of rotatable bonds is 5. The number of para-hydroxylation sites is 1. The molecule has 1 aliphatic rings. The summed E-state index contributed by atoms with van der Waals surface area (Å²) in [6.45, 7) is 0.557. The predicted octanol–water partition coefficient (Wildman–Crippen LogP) is 3.64. The molecule has 1 saturated heterocycles. The van der Waals surface area contributed by atoms with E-state index in [2.05, 4.69) is 15.5 Å². The van der Waals surface area contributed by atoms with E-state index in [0.29, 0.717) is 17.8 Å². The van der Waals surface area contributed by atoms with Crippen LogP contribution in [0.4, 0.5) is 14.5 Å². The minimum absolute atomic E-state index is 0.0350. The fourth-order valence-corrected chi connectivity index (χ4v) is 5.71. The molecule has 4 rings (SSSR count). The molecule has 1 fully saturated rings. The minimum atomic E-state index is -3.70. The highest BCUT2D eigenvalue weighted by Gasteiger charge is 2.31. The molecule has 1 aromatic heterocycles. The maximum atomic E-state index is 13.7. The molecule has 0 spiro atoms. The average Bonchev–Trinajstić information content (AvgIpc) is 3.26. The van der Waals surface area contributed by atoms with Gasteiger partial charge in [0.2, 0.25) is 15.0 Å². The third kappa shape index (κ3) is 4.63. The van der Waals surface area contributed by atoms with Gasteiger partial charge in [-0.3, -0.25) is 4.79 Å². The van der Waals surface area contributed by atoms with Gasteiger partial charge < -0.3 is 5.32 Å². The molecule has 0 aliphatic carbocycles. The van der Waals surface area contributed by atoms with Gasteiger partial charge in [0.25, 0.3) is 5.91 Å². The fourth-order valence-electron chi connectivity index (χ4n) is 3.33. The van der Waals surface area contributed by atoms with Gasteiger partial charge in [0.15, 0.2) is 0 Å². The van der Waals surface area contributed by atoms with Crippen LogP contribution in [-0.4, -0.2) is 41.9 Å². The lowest BCUT2D eigenvalue weighted by Crippen LogP contribution is -2.37. The molecule has 0 radical (unpaired) electrons. The first-order chi connectivity index (χ1) is 14.8. The van der Waals surface area contributed by atoms with Crippen molar-refractivity contribution in [2.24, 2.45) is 0 Å². The molecule has 3 aromatic rings. The third-order valence-corrected chi connectivity index (χ3v) is 8.01. The van der Waals surface area contributed by atoms with Crippen molar-refractivity contribution in [1.29, 1.82) is 0 Å². The Kier molecular flexibility index (Phi) is 6.08. The van der Waals surface area contributed by atoms with Crippen molar-refractivity contribution in [3.05, 3.63) is 70.2 Å². The molecule has 2 heterocycles. The average molecular weight is 465 g/mol. The number of sulfonamides is 1. The molecule has 2 aromatic carbocycles. The van der Waals surface area contributed by atoms with Crippen molar-refractivity contribution in [3.63, 3.8) is 0 Å². The first kappa shape index (κ1) is 21.5. The summed E-state index contributed by atoms with van der Waals surface area (Å²) in [6.07, 6.45) is 1.04. The van der Waals surface area contributed by atoms with Gasteiger partial charge in [0.1, 0.15) is 16.6 Å². The predicted molar refractivity (Wildman–Crippen MR) is 111 cm³/mol. The monoisotopic (exact) mass is 464 g/mol. The van der Waals surface area contributed by atoms with E-state index in [1.54, 1.807) is 6.07 Å². The lowest BCUT2D eigenvalue weighted by Gasteiger charge is -2.30. The van der Waals surface area contributed by atoms with Crippen LogP contribution in [0.2, 0.25) is 0 Å². The van der Waals surface area contributed by atoms with E-state index >= 15 is 0 Å². The molecule has 1 aliphatic heterocycles. The first-order valence-electron chi connectivity index (χ1n) is 9.49. The van der Waals surface area contributed by atoms with E-state index in [1.165, 1.54) is 34.6 Å². The molecular formula is C20H18F2N4O3S2. The van der Waals surface area contributed by atoms with Crippen molar-refractivity contribution in [3.8, 4) is 0 Å². The van der Waals surface area contributed by atoms with Crippen LogP contribution in [-0.2, 0) is 10.0 Å². The van der Waals surface area contributed by atoms with E-state index in [0.717, 1.165) is 23.5 Å². The summed E-state index contributed by atoms with van der Waals surface area (Å²) in [5.41, 5.74) is 0.0589. The normalized spacial score (nSPS) is 15.7. The molecule has 7 nitrogen and oxygen atoms in total. The van der Waals surface area contributed by atoms with Crippen molar-refractivity contribution >= 4 is 33.0 Å². The smallest absolute Gasteiger partial charge is 0.286 e. The number of benzene rings is 2. The lowest BCUT2D eigenvalue weighted by atomic mass is 9.99. The van der Waals surface area contributed by atoms with Gasteiger partial charge >= 0.3 is 0 Å². The molecule has 0 bridgehead atoms. The largest absolute Gasteiger partial charge is 0.317 e. The highest BCUT2D eigenvalue weighted by molar-refractivity contribution is 7.89. The number of nitrogens with zero attached hydrogens (tertiary/aromatic N) is 3. The molecule has 31 heavy (non-hydrogen) atoms. The number of nitrogens with one attached hydrogen (secondary N) is 1. The number of aromatic nitrogens is 2. The van der Waals surface area contributed by atoms with Crippen LogP contribution in [0.1, 0.15) is 33.6 Å². The quantitative estimate of drug-likeness (QED) is 0.623. The summed E-state index contributed by atoms with van der Waals surface area (Å²) < 4.78 is 53.6. The molecule has 0 unspecified atom stereocenters. The number of halogens is 2. The topological polar surface area (TPSA) is 92.3 Å². The van der Waals surface area contributed by atoms with Gasteiger partial charge in [-0.25, -0.2) is 17.2 Å². The van der Waals surface area contributed by atoms with Gasteiger partial charge in [0.05, 0.1) is 10.6 Å². The number of hydrogen-bond donors (Lipinski definition) is 1. The van der Waals surface area contributed by atoms with Crippen molar-refractivity contribution in [2.75, 3.05) is 18.4 Å². The summed E-state index contributed by atoms with van der Waals surface area (Å²) in [7, 11) is -3.70. The number of piperidine rings is 1. The van der Waals surface area contributed by atoms with E-state index in [4.69, 9.17) is 0 Å². The number of anilines is 1. The van der Waals surface area contributed by atoms with E-state index in [-0.39, 0.29) is 34.6 Å². The second-order valence-corrected chi connectivity index (χ2v) is 9.96. The number of carbonyl (C=O) groups is 1. The lowest BCUT2D eigenvalue weighted by molar-refractivity contribution is 0.102. The Morgan fingerprint density at radius 1 is 1.03 bits per heavy atom. The third-order valence-electron chi connectivity index (χ3n) is 5.01. The Labute approximate surface area is 181 Å². The van der Waals surface area contributed by atoms with E-state index < -0.39 is 27.6 Å². The molecule has 162 valence electrons. The summed E-state index contributed by atoms with van der Waals surface area (Å²) >= 11 is 1.11. The van der Waals surface area contributed by atoms with Crippen LogP contribution in [0.15, 0.2) is 53.4 Å². The summed E-state index contributed by atoms with van der Waals surface area (Å²) in [5.74, 6) is -1.63. The van der Waals surface area contributed by atoms with Crippen molar-refractivity contribution < 1.29 is 22.0 Å². The number of carbonyl (C=O) groups excluding carboxylic acids is 1. The number of amides is 1. The van der Waals surface area contributed by atoms with Crippen molar-refractivity contribution in [2.45, 2.75) is 23.7 Å². The molecule has 0 saturated carbocycles. The Balaban J connectivity index is 1.39. The Morgan fingerprint density at radius 2 is 1.71 bits per heavy atom. The molecule has 0 atom stereocenters. The maximum Gasteiger partial charge on any atom is 0.286 e. The second-order valence-electron chi connectivity index (χ2n) is 7.01. The van der Waals surface area contributed by atoms with Crippen LogP contribution in [0.25, 0.3) is 0 Å². The van der Waals surface area contributed by atoms with Crippen molar-refractivity contribution in [1.82, 2.24) is 14.5 Å². The van der Waals surface area contributed by atoms with Gasteiger partial charge in [-0.05, 0) is 49.2 Å². The van der Waals surface area contributed by atoms with Crippen LogP contribution in [0.3, 0.4) is 0 Å². The van der Waals surface area contributed by atoms with Crippen LogP contribution >= 0.6 is 11.3 Å². The summed E-state index contributed by atoms with van der Waals surface area (Å²) in [4.78, 5) is 12.4. The summed E-state index contributed by atoms with van der Waals surface area (Å²) in [5, 5.41) is 11.2. The second kappa shape index (κ2) is 8.77. The Hall–Kier alpha value is -2.76. The highest BCUT2D eigenvalue weighted by Crippen LogP contribution is 2.32. The Bertz CT molecular complexity index is 1190. The molecule has 1 amide bonds. The molecule has 11 heteroatoms. The van der Waals surface area contributed by atoms with Crippen LogP contribution in [0, 0.1) is 11.6 Å². The van der Waals surface area contributed by atoms with Gasteiger partial charge in [0, 0.05) is 19.0 Å². The SMILES string of the molecule is O=C(Nc1ccccc1F)c1nnc(C2CCN(S(=O)(=O)c3ccc(F)cc3)CC2)s1. The first-order valence-corrected chi connectivity index (χ1v) is 11.8. The number of hydrogen-bond acceptors (Lipinski definition) is 6. The van der Waals surface area contributed by atoms with E-state index in [1.807, 2.05) is 0 Å². The van der Waals surface area contributed by atoms with Gasteiger partial charge in [-0.2, -0.15) is 4.31 Å². The zero-order valence-electron chi connectivity index (χ0n) is 16.2. The minimum Gasteiger partial charge on any atom is -0.317 e. The standard InChI is InChI=1S/C20H18F2N4O3S2/c21-14-5-7-15(8-6-14)31(28,29)26-11-9-13(10-12-26)19-24-25-20(30-19)18(27)23-17-4-2-1-3-16(17)22/h1-8,13H,9-12H2,(H,23,27). The zero-order valence-corrected chi connectivity index (χ0v) is 17.8. The zero-order chi connectivity index (χ0) is 22.0. The maximum absolute atomic E-state index is 13.7. The van der Waals surface area contributed by atoms with Crippen LogP contribution in [0.5, 0.6) is 0 Å². The van der Waals surface area contributed by atoms with Crippen LogP contribution < -0.4 is 5.32 Å².